The van der Waals surface area contributed by atoms with E-state index < -0.39 is 11.6 Å². The Balaban J connectivity index is 1.73. The first-order valence-corrected chi connectivity index (χ1v) is 8.40. The molecule has 8 heteroatoms. The summed E-state index contributed by atoms with van der Waals surface area (Å²) < 4.78 is 26.6. The van der Waals surface area contributed by atoms with Gasteiger partial charge in [-0.05, 0) is 31.2 Å². The first kappa shape index (κ1) is 17.1. The monoisotopic (exact) mass is 359 g/mol. The summed E-state index contributed by atoms with van der Waals surface area (Å²) in [5.74, 6) is -0.180. The maximum absolute atomic E-state index is 13.7. The number of thioether (sulfide) groups is 1. The SMILES string of the molecule is Cc1ccc(Nc2nc(N)nc(CSc3ccc(F)cc3F)n2)cc1. The fourth-order valence-corrected chi connectivity index (χ4v) is 2.83. The lowest BCUT2D eigenvalue weighted by molar-refractivity contribution is 0.565. The van der Waals surface area contributed by atoms with Crippen LogP contribution in [0.5, 0.6) is 0 Å². The zero-order valence-electron chi connectivity index (χ0n) is 13.3. The van der Waals surface area contributed by atoms with Crippen molar-refractivity contribution in [2.45, 2.75) is 17.6 Å². The van der Waals surface area contributed by atoms with Crippen LogP contribution in [-0.4, -0.2) is 15.0 Å². The number of aryl methyl sites for hydroxylation is 1. The van der Waals surface area contributed by atoms with Gasteiger partial charge in [0.2, 0.25) is 11.9 Å². The van der Waals surface area contributed by atoms with E-state index in [-0.39, 0.29) is 11.7 Å². The fraction of sp³-hybridized carbons (Fsp3) is 0.118. The number of nitrogens with one attached hydrogen (secondary N) is 1. The number of hydrogen-bond donors (Lipinski definition) is 2. The predicted octanol–water partition coefficient (Wildman–Crippen LogP) is 4.08. The van der Waals surface area contributed by atoms with Gasteiger partial charge in [0, 0.05) is 16.6 Å². The number of nitrogen functional groups attached to an aromatic ring is 1. The van der Waals surface area contributed by atoms with Crippen molar-refractivity contribution in [3.05, 3.63) is 65.5 Å². The Morgan fingerprint density at radius 3 is 2.52 bits per heavy atom. The van der Waals surface area contributed by atoms with E-state index >= 15 is 0 Å². The van der Waals surface area contributed by atoms with E-state index in [4.69, 9.17) is 5.73 Å². The molecule has 0 saturated heterocycles. The van der Waals surface area contributed by atoms with Crippen LogP contribution in [0, 0.1) is 18.6 Å². The minimum Gasteiger partial charge on any atom is -0.368 e. The molecule has 0 unspecified atom stereocenters. The van der Waals surface area contributed by atoms with Crippen molar-refractivity contribution >= 4 is 29.3 Å². The van der Waals surface area contributed by atoms with Gasteiger partial charge in [0.05, 0.1) is 5.75 Å². The molecule has 0 spiro atoms. The van der Waals surface area contributed by atoms with Crippen LogP contribution in [0.3, 0.4) is 0 Å². The highest BCUT2D eigenvalue weighted by Gasteiger charge is 2.09. The molecule has 0 aliphatic carbocycles. The highest BCUT2D eigenvalue weighted by atomic mass is 32.2. The Hall–Kier alpha value is -2.74. The molecule has 0 radical (unpaired) electrons. The Kier molecular flexibility index (Phi) is 5.08. The molecule has 5 nitrogen and oxygen atoms in total. The average molecular weight is 359 g/mol. The molecule has 25 heavy (non-hydrogen) atoms. The van der Waals surface area contributed by atoms with Crippen molar-refractivity contribution in [1.29, 1.82) is 0 Å². The second-order valence-electron chi connectivity index (χ2n) is 5.29. The molecular weight excluding hydrogens is 344 g/mol. The molecule has 0 aliphatic heterocycles. The van der Waals surface area contributed by atoms with Gasteiger partial charge in [0.25, 0.3) is 0 Å². The number of aromatic nitrogens is 3. The smallest absolute Gasteiger partial charge is 0.232 e. The lowest BCUT2D eigenvalue weighted by atomic mass is 10.2. The number of hydrogen-bond acceptors (Lipinski definition) is 6. The van der Waals surface area contributed by atoms with Crippen LogP contribution in [0.2, 0.25) is 0 Å². The van der Waals surface area contributed by atoms with Crippen LogP contribution in [0.1, 0.15) is 11.4 Å². The average Bonchev–Trinajstić information content (AvgIpc) is 2.56. The minimum atomic E-state index is -0.620. The third-order valence-electron chi connectivity index (χ3n) is 3.26. The lowest BCUT2D eigenvalue weighted by Gasteiger charge is -2.08. The second-order valence-corrected chi connectivity index (χ2v) is 6.31. The maximum atomic E-state index is 13.7. The van der Waals surface area contributed by atoms with Gasteiger partial charge in [-0.3, -0.25) is 0 Å². The molecule has 3 N–H and O–H groups in total. The minimum absolute atomic E-state index is 0.0692. The van der Waals surface area contributed by atoms with Crippen molar-refractivity contribution in [3.63, 3.8) is 0 Å². The van der Waals surface area contributed by atoms with Crippen LogP contribution in [0.25, 0.3) is 0 Å². The Labute approximate surface area is 147 Å². The third kappa shape index (κ3) is 4.63. The quantitative estimate of drug-likeness (QED) is 0.669. The van der Waals surface area contributed by atoms with Gasteiger partial charge in [-0.1, -0.05) is 17.7 Å². The predicted molar refractivity (Wildman–Crippen MR) is 94.6 cm³/mol. The largest absolute Gasteiger partial charge is 0.368 e. The van der Waals surface area contributed by atoms with Crippen LogP contribution < -0.4 is 11.1 Å². The summed E-state index contributed by atoms with van der Waals surface area (Å²) in [5.41, 5.74) is 7.68. The molecule has 0 saturated carbocycles. The second kappa shape index (κ2) is 7.43. The van der Waals surface area contributed by atoms with E-state index in [2.05, 4.69) is 20.3 Å². The van der Waals surface area contributed by atoms with E-state index in [1.54, 1.807) is 0 Å². The molecule has 1 heterocycles. The van der Waals surface area contributed by atoms with E-state index in [0.717, 1.165) is 29.1 Å². The van der Waals surface area contributed by atoms with Gasteiger partial charge in [-0.2, -0.15) is 15.0 Å². The number of halogens is 2. The third-order valence-corrected chi connectivity index (χ3v) is 4.30. The Morgan fingerprint density at radius 2 is 1.80 bits per heavy atom. The van der Waals surface area contributed by atoms with Gasteiger partial charge < -0.3 is 11.1 Å². The molecular formula is C17H15F2N5S. The van der Waals surface area contributed by atoms with Crippen molar-refractivity contribution in [3.8, 4) is 0 Å². The van der Waals surface area contributed by atoms with Crippen LogP contribution in [-0.2, 0) is 5.75 Å². The number of nitrogens with zero attached hydrogens (tertiary/aromatic N) is 3. The normalized spacial score (nSPS) is 10.7. The molecule has 3 aromatic rings. The van der Waals surface area contributed by atoms with Crippen molar-refractivity contribution in [2.75, 3.05) is 11.1 Å². The zero-order chi connectivity index (χ0) is 17.8. The summed E-state index contributed by atoms with van der Waals surface area (Å²) in [6, 6.07) is 11.1. The number of anilines is 3. The zero-order valence-corrected chi connectivity index (χ0v) is 14.1. The summed E-state index contributed by atoms with van der Waals surface area (Å²) in [5, 5.41) is 3.05. The van der Waals surface area contributed by atoms with Crippen molar-refractivity contribution < 1.29 is 8.78 Å². The Bertz CT molecular complexity index is 887. The van der Waals surface area contributed by atoms with Crippen LogP contribution >= 0.6 is 11.8 Å². The molecule has 0 bridgehead atoms. The first-order valence-electron chi connectivity index (χ1n) is 7.41. The summed E-state index contributed by atoms with van der Waals surface area (Å²) in [4.78, 5) is 12.7. The van der Waals surface area contributed by atoms with Crippen molar-refractivity contribution in [1.82, 2.24) is 15.0 Å². The lowest BCUT2D eigenvalue weighted by Crippen LogP contribution is -2.06. The van der Waals surface area contributed by atoms with Crippen LogP contribution in [0.4, 0.5) is 26.4 Å². The maximum Gasteiger partial charge on any atom is 0.232 e. The van der Waals surface area contributed by atoms with Crippen LogP contribution in [0.15, 0.2) is 47.4 Å². The molecule has 2 aromatic carbocycles. The van der Waals surface area contributed by atoms with Gasteiger partial charge in [-0.25, -0.2) is 8.78 Å². The number of rotatable bonds is 5. The van der Waals surface area contributed by atoms with Gasteiger partial charge >= 0.3 is 0 Å². The summed E-state index contributed by atoms with van der Waals surface area (Å²) >= 11 is 1.16. The first-order chi connectivity index (χ1) is 12.0. The molecule has 3 rings (SSSR count). The van der Waals surface area contributed by atoms with E-state index in [1.807, 2.05) is 31.2 Å². The molecule has 1 aromatic heterocycles. The highest BCUT2D eigenvalue weighted by molar-refractivity contribution is 7.98. The van der Waals surface area contributed by atoms with Gasteiger partial charge in [-0.15, -0.1) is 11.8 Å². The summed E-state index contributed by atoms with van der Waals surface area (Å²) in [6.45, 7) is 1.99. The summed E-state index contributed by atoms with van der Waals surface area (Å²) in [7, 11) is 0. The summed E-state index contributed by atoms with van der Waals surface area (Å²) in [6.07, 6.45) is 0. The van der Waals surface area contributed by atoms with E-state index in [1.165, 1.54) is 12.1 Å². The molecule has 0 atom stereocenters. The number of nitrogens with two attached hydrogens (primary N) is 1. The Morgan fingerprint density at radius 1 is 1.04 bits per heavy atom. The molecule has 0 aliphatic rings. The standard InChI is InChI=1S/C17H15F2N5S/c1-10-2-5-12(6-3-10)21-17-23-15(22-16(20)24-17)9-25-14-7-4-11(18)8-13(14)19/h2-8H,9H2,1H3,(H3,20,21,22,23,24). The van der Waals surface area contributed by atoms with E-state index in [9.17, 15) is 8.78 Å². The fourth-order valence-electron chi connectivity index (χ4n) is 2.06. The molecule has 0 fully saturated rings. The molecule has 0 amide bonds. The van der Waals surface area contributed by atoms with Gasteiger partial charge in [0.1, 0.15) is 17.5 Å². The number of benzene rings is 2. The topological polar surface area (TPSA) is 76.7 Å². The highest BCUT2D eigenvalue weighted by Crippen LogP contribution is 2.25. The van der Waals surface area contributed by atoms with Gasteiger partial charge in [0.15, 0.2) is 0 Å². The van der Waals surface area contributed by atoms with Crippen molar-refractivity contribution in [2.24, 2.45) is 0 Å². The molecule has 128 valence electrons. The van der Waals surface area contributed by atoms with E-state index in [0.29, 0.717) is 16.7 Å².